The lowest BCUT2D eigenvalue weighted by Gasteiger charge is -2.15. The Morgan fingerprint density at radius 1 is 0.972 bits per heavy atom. The van der Waals surface area contributed by atoms with Gasteiger partial charge in [-0.1, -0.05) is 48.5 Å². The van der Waals surface area contributed by atoms with E-state index >= 15 is 0 Å². The van der Waals surface area contributed by atoms with Crippen molar-refractivity contribution in [3.63, 3.8) is 0 Å². The zero-order valence-electron chi connectivity index (χ0n) is 20.3. The quantitative estimate of drug-likeness (QED) is 0.314. The highest BCUT2D eigenvalue weighted by Gasteiger charge is 2.15. The molecular weight excluding hydrogens is 452 g/mol. The molecule has 4 rings (SSSR count). The molecular formula is C28H30N6O2. The van der Waals surface area contributed by atoms with Crippen molar-refractivity contribution in [1.29, 1.82) is 0 Å². The number of anilines is 2. The van der Waals surface area contributed by atoms with Crippen LogP contribution in [0.2, 0.25) is 0 Å². The van der Waals surface area contributed by atoms with Gasteiger partial charge < -0.3 is 16.8 Å². The number of benzene rings is 2. The molecule has 0 atom stereocenters. The first-order valence-electron chi connectivity index (χ1n) is 11.9. The number of aromatic nitrogens is 3. The zero-order chi connectivity index (χ0) is 25.5. The second-order valence-electron chi connectivity index (χ2n) is 8.70. The van der Waals surface area contributed by atoms with E-state index < -0.39 is 0 Å². The van der Waals surface area contributed by atoms with Gasteiger partial charge in [0.1, 0.15) is 18.1 Å². The van der Waals surface area contributed by atoms with Crippen LogP contribution in [0.1, 0.15) is 28.9 Å². The number of aryl methyl sites for hydroxylation is 3. The lowest BCUT2D eigenvalue weighted by molar-refractivity contribution is -0.121. The Morgan fingerprint density at radius 2 is 1.72 bits per heavy atom. The molecule has 2 aromatic carbocycles. The molecule has 0 bridgehead atoms. The second-order valence-corrected chi connectivity index (χ2v) is 8.70. The van der Waals surface area contributed by atoms with Crippen LogP contribution in [0.5, 0.6) is 0 Å². The fraction of sp³-hybridized carbons (Fsp3) is 0.214. The highest BCUT2D eigenvalue weighted by molar-refractivity contribution is 5.76. The Morgan fingerprint density at radius 3 is 2.44 bits per heavy atom. The number of carbonyl (C=O) groups is 1. The number of nitrogens with zero attached hydrogens (tertiary/aromatic N) is 3. The van der Waals surface area contributed by atoms with Crippen LogP contribution in [0.25, 0.3) is 11.3 Å². The van der Waals surface area contributed by atoms with E-state index in [1.54, 1.807) is 24.4 Å². The van der Waals surface area contributed by atoms with Gasteiger partial charge in [-0.2, -0.15) is 0 Å². The second kappa shape index (κ2) is 11.3. The molecule has 0 saturated carbocycles. The van der Waals surface area contributed by atoms with Crippen LogP contribution >= 0.6 is 0 Å². The van der Waals surface area contributed by atoms with Crippen molar-refractivity contribution in [2.45, 2.75) is 39.3 Å². The summed E-state index contributed by atoms with van der Waals surface area (Å²) in [4.78, 5) is 35.1. The van der Waals surface area contributed by atoms with E-state index in [0.29, 0.717) is 35.9 Å². The van der Waals surface area contributed by atoms with Gasteiger partial charge >= 0.3 is 0 Å². The van der Waals surface area contributed by atoms with Gasteiger partial charge in [0.2, 0.25) is 5.91 Å². The third-order valence-corrected chi connectivity index (χ3v) is 6.05. The summed E-state index contributed by atoms with van der Waals surface area (Å²) in [5, 5.41) is 2.89. The Balaban J connectivity index is 1.55. The van der Waals surface area contributed by atoms with Crippen molar-refractivity contribution in [3.8, 4) is 11.3 Å². The number of carbonyl (C=O) groups excluding carboxylic acids is 1. The van der Waals surface area contributed by atoms with Crippen molar-refractivity contribution < 1.29 is 4.79 Å². The van der Waals surface area contributed by atoms with Gasteiger partial charge in [-0.25, -0.2) is 4.98 Å². The maximum atomic E-state index is 13.4. The Labute approximate surface area is 210 Å². The van der Waals surface area contributed by atoms with Crippen LogP contribution in [0, 0.1) is 6.92 Å². The summed E-state index contributed by atoms with van der Waals surface area (Å²) in [7, 11) is 0. The maximum absolute atomic E-state index is 13.4. The molecule has 36 heavy (non-hydrogen) atoms. The van der Waals surface area contributed by atoms with Crippen molar-refractivity contribution >= 4 is 17.4 Å². The van der Waals surface area contributed by atoms with Crippen LogP contribution < -0.4 is 22.3 Å². The van der Waals surface area contributed by atoms with E-state index in [0.717, 1.165) is 29.7 Å². The summed E-state index contributed by atoms with van der Waals surface area (Å²) in [6, 6.07) is 20.8. The van der Waals surface area contributed by atoms with Crippen molar-refractivity contribution in [3.05, 3.63) is 106 Å². The van der Waals surface area contributed by atoms with Crippen LogP contribution in [0.15, 0.2) is 77.7 Å². The van der Waals surface area contributed by atoms with E-state index in [1.807, 2.05) is 43.3 Å². The zero-order valence-corrected chi connectivity index (χ0v) is 20.3. The molecule has 2 heterocycles. The molecule has 0 radical (unpaired) electrons. The van der Waals surface area contributed by atoms with E-state index in [1.165, 1.54) is 10.1 Å². The van der Waals surface area contributed by atoms with Crippen LogP contribution in [-0.4, -0.2) is 20.4 Å². The molecule has 184 valence electrons. The topological polar surface area (TPSA) is 129 Å². The molecule has 8 heteroatoms. The molecule has 0 aliphatic carbocycles. The summed E-state index contributed by atoms with van der Waals surface area (Å²) in [6.07, 6.45) is 3.81. The minimum atomic E-state index is -0.286. The summed E-state index contributed by atoms with van der Waals surface area (Å²) >= 11 is 0. The molecule has 4 aromatic rings. The van der Waals surface area contributed by atoms with Crippen LogP contribution in [0.3, 0.4) is 0 Å². The summed E-state index contributed by atoms with van der Waals surface area (Å²) in [6.45, 7) is 2.00. The number of pyridine rings is 1. The maximum Gasteiger partial charge on any atom is 0.273 e. The number of nitrogen functional groups attached to an aromatic ring is 2. The van der Waals surface area contributed by atoms with Gasteiger partial charge in [-0.15, -0.1) is 0 Å². The van der Waals surface area contributed by atoms with Crippen molar-refractivity contribution in [1.82, 2.24) is 19.9 Å². The first-order chi connectivity index (χ1) is 17.4. The van der Waals surface area contributed by atoms with Gasteiger partial charge in [-0.05, 0) is 61.1 Å². The van der Waals surface area contributed by atoms with Gasteiger partial charge in [0.15, 0.2) is 0 Å². The molecule has 0 saturated heterocycles. The van der Waals surface area contributed by atoms with Gasteiger partial charge in [0.05, 0.1) is 11.9 Å². The molecule has 1 amide bonds. The molecule has 0 fully saturated rings. The fourth-order valence-corrected chi connectivity index (χ4v) is 4.04. The predicted octanol–water partition coefficient (Wildman–Crippen LogP) is 3.27. The number of hydrogen-bond acceptors (Lipinski definition) is 6. The van der Waals surface area contributed by atoms with E-state index in [2.05, 4.69) is 27.4 Å². The van der Waals surface area contributed by atoms with Crippen molar-refractivity contribution in [2.24, 2.45) is 0 Å². The molecule has 0 aliphatic rings. The normalized spacial score (nSPS) is 10.8. The highest BCUT2D eigenvalue weighted by Crippen LogP contribution is 2.19. The third-order valence-electron chi connectivity index (χ3n) is 6.05. The minimum Gasteiger partial charge on any atom is -0.399 e. The number of rotatable bonds is 9. The average molecular weight is 483 g/mol. The first-order valence-corrected chi connectivity index (χ1v) is 11.9. The van der Waals surface area contributed by atoms with Gasteiger partial charge in [0.25, 0.3) is 5.56 Å². The SMILES string of the molecule is Cc1nc(N)ccc1CNC(=O)Cn1c(-c2ccc(N)cc2)cnc(CCCc2ccccc2)c1=O. The summed E-state index contributed by atoms with van der Waals surface area (Å²) in [5.74, 6) is 0.144. The third kappa shape index (κ3) is 6.15. The monoisotopic (exact) mass is 482 g/mol. The van der Waals surface area contributed by atoms with Crippen molar-refractivity contribution in [2.75, 3.05) is 11.5 Å². The summed E-state index contributed by atoms with van der Waals surface area (Å²) in [5.41, 5.74) is 16.5. The number of nitrogens with two attached hydrogens (primary N) is 2. The van der Waals surface area contributed by atoms with Crippen LogP contribution in [0.4, 0.5) is 11.5 Å². The molecule has 0 spiro atoms. The molecule has 0 aliphatic heterocycles. The Kier molecular flexibility index (Phi) is 7.75. The molecule has 2 aromatic heterocycles. The molecule has 0 unspecified atom stereocenters. The van der Waals surface area contributed by atoms with Gasteiger partial charge in [0, 0.05) is 17.9 Å². The Hall–Kier alpha value is -4.46. The highest BCUT2D eigenvalue weighted by atomic mass is 16.2. The summed E-state index contributed by atoms with van der Waals surface area (Å²) < 4.78 is 1.49. The first kappa shape index (κ1) is 24.7. The number of nitrogens with one attached hydrogen (secondary N) is 1. The van der Waals surface area contributed by atoms with Crippen LogP contribution in [-0.2, 0) is 30.7 Å². The average Bonchev–Trinajstić information content (AvgIpc) is 2.87. The standard InChI is InChI=1S/C28H30N6O2/c1-19-22(12-15-26(30)33-19)16-32-27(35)18-34-25(21-10-13-23(29)14-11-21)17-31-24(28(34)36)9-5-8-20-6-3-2-4-7-20/h2-4,6-7,10-15,17H,5,8-9,16,18,29H2,1H3,(H2,30,33)(H,32,35). The minimum absolute atomic E-state index is 0.131. The largest absolute Gasteiger partial charge is 0.399 e. The van der Waals surface area contributed by atoms with E-state index in [-0.39, 0.29) is 18.0 Å². The molecule has 8 nitrogen and oxygen atoms in total. The lowest BCUT2D eigenvalue weighted by Crippen LogP contribution is -2.34. The fourth-order valence-electron chi connectivity index (χ4n) is 4.04. The van der Waals surface area contributed by atoms with Gasteiger partial charge in [-0.3, -0.25) is 19.1 Å². The Bertz CT molecular complexity index is 1400. The number of amides is 1. The molecule has 5 N–H and O–H groups in total. The number of hydrogen-bond donors (Lipinski definition) is 3. The van der Waals surface area contributed by atoms with E-state index in [9.17, 15) is 9.59 Å². The predicted molar refractivity (Wildman–Crippen MR) is 142 cm³/mol. The van der Waals surface area contributed by atoms with E-state index in [4.69, 9.17) is 11.5 Å². The lowest BCUT2D eigenvalue weighted by atomic mass is 10.1. The smallest absolute Gasteiger partial charge is 0.273 e.